The number of hydrogen-bond acceptors (Lipinski definition) is 1. The number of nitrogens with zero attached hydrogens (tertiary/aromatic N) is 2. The van der Waals surface area contributed by atoms with E-state index in [4.69, 9.17) is 5.11 Å². The van der Waals surface area contributed by atoms with Crippen LogP contribution in [0.2, 0.25) is 0 Å². The Kier molecular flexibility index (Phi) is 6.06. The molecule has 2 aliphatic carbocycles. The lowest BCUT2D eigenvalue weighted by molar-refractivity contribution is -0.612. The molecule has 9 aromatic rings. The van der Waals surface area contributed by atoms with Crippen molar-refractivity contribution in [2.45, 2.75) is 18.4 Å². The Labute approximate surface area is 314 Å². The molecule has 1 spiro atoms. The van der Waals surface area contributed by atoms with Crippen molar-refractivity contribution in [3.63, 3.8) is 0 Å². The molecule has 0 aromatic heterocycles. The maximum absolute atomic E-state index is 4.96. The molecule has 0 radical (unpaired) electrons. The molecule has 0 saturated heterocycles. The quantitative estimate of drug-likeness (QED) is 0.130. The summed E-state index contributed by atoms with van der Waals surface area (Å²) in [6.45, 7) is 3.04. The molecule has 2 heteroatoms. The Morgan fingerprint density at radius 2 is 1.02 bits per heavy atom. The third-order valence-corrected chi connectivity index (χ3v) is 12.6. The smallest absolute Gasteiger partial charge is 0.111 e. The minimum Gasteiger partial charge on any atom is -0.111 e. The minimum absolute atomic E-state index is 0.117. The largest absolute Gasteiger partial charge is 0.231 e. The summed E-state index contributed by atoms with van der Waals surface area (Å²) in [6.07, 6.45) is 0. The molecule has 1 heterocycles. The molecule has 0 bridgehead atoms. The molecule has 1 unspecified atom stereocenters. The second-order valence-corrected chi connectivity index (χ2v) is 15.0. The highest BCUT2D eigenvalue weighted by Crippen LogP contribution is 2.67. The van der Waals surface area contributed by atoms with Crippen LogP contribution in [0.15, 0.2) is 181 Å². The van der Waals surface area contributed by atoms with Gasteiger partial charge in [0.25, 0.3) is 0 Å². The van der Waals surface area contributed by atoms with Gasteiger partial charge in [-0.25, -0.2) is 0 Å². The molecule has 0 amide bonds. The summed E-state index contributed by atoms with van der Waals surface area (Å²) in [6, 6.07) is 66.2. The van der Waals surface area contributed by atoms with Crippen LogP contribution in [-0.4, -0.2) is 11.2 Å². The Morgan fingerprint density at radius 3 is 1.70 bits per heavy atom. The zero-order valence-electron chi connectivity index (χ0n) is 29.9. The monoisotopic (exact) mass is 687 g/mol. The van der Waals surface area contributed by atoms with Gasteiger partial charge in [0.15, 0.2) is 6.54 Å². The van der Waals surface area contributed by atoms with Crippen LogP contribution in [0.5, 0.6) is 0 Å². The van der Waals surface area contributed by atoms with Gasteiger partial charge in [-0.2, -0.15) is 0 Å². The van der Waals surface area contributed by atoms with Gasteiger partial charge in [-0.05, 0) is 118 Å². The lowest BCUT2D eigenvalue weighted by atomic mass is 9.68. The van der Waals surface area contributed by atoms with Crippen molar-refractivity contribution in [1.82, 2.24) is 0 Å². The first-order chi connectivity index (χ1) is 26.8. The van der Waals surface area contributed by atoms with Gasteiger partial charge in [-0.1, -0.05) is 158 Å². The summed E-state index contributed by atoms with van der Waals surface area (Å²) in [7, 11) is 0. The first-order valence-corrected chi connectivity index (χ1v) is 19.1. The Balaban J connectivity index is 1.19. The van der Waals surface area contributed by atoms with Crippen molar-refractivity contribution >= 4 is 38.0 Å². The Morgan fingerprint density at radius 1 is 0.481 bits per heavy atom. The molecule has 9 aromatic carbocycles. The average molecular weight is 688 g/mol. The van der Waals surface area contributed by atoms with Gasteiger partial charge in [-0.3, -0.25) is 0 Å². The first-order valence-electron chi connectivity index (χ1n) is 19.1. The van der Waals surface area contributed by atoms with E-state index in [9.17, 15) is 0 Å². The van der Waals surface area contributed by atoms with Gasteiger partial charge in [0, 0.05) is 5.56 Å². The molecule has 1 aliphatic heterocycles. The molecule has 252 valence electrons. The fourth-order valence-electron chi connectivity index (χ4n) is 10.5. The van der Waals surface area contributed by atoms with Gasteiger partial charge in [-0.15, -0.1) is 4.70 Å². The maximum Gasteiger partial charge on any atom is 0.231 e. The van der Waals surface area contributed by atoms with Crippen LogP contribution in [0.25, 0.3) is 65.7 Å². The van der Waals surface area contributed by atoms with Crippen LogP contribution in [0.4, 0.5) is 5.69 Å². The normalized spacial score (nSPS) is 15.6. The van der Waals surface area contributed by atoms with Crippen LogP contribution >= 0.6 is 0 Å². The van der Waals surface area contributed by atoms with E-state index in [2.05, 4.69) is 188 Å². The van der Waals surface area contributed by atoms with E-state index in [0.717, 1.165) is 12.2 Å². The molecule has 54 heavy (non-hydrogen) atoms. The lowest BCUT2D eigenvalue weighted by Crippen LogP contribution is -2.26. The average Bonchev–Trinajstić information content (AvgIpc) is 3.88. The third kappa shape index (κ3) is 3.70. The van der Waals surface area contributed by atoms with Crippen LogP contribution in [0, 0.1) is 0 Å². The highest BCUT2D eigenvalue weighted by atomic mass is 15.3. The molecule has 2 nitrogen and oxygen atoms in total. The Bertz CT molecular complexity index is 3050. The van der Waals surface area contributed by atoms with Crippen LogP contribution in [0.1, 0.15) is 46.3 Å². The summed E-state index contributed by atoms with van der Waals surface area (Å²) in [5.41, 5.74) is 16.5. The van der Waals surface area contributed by atoms with E-state index in [1.165, 1.54) is 99.1 Å². The van der Waals surface area contributed by atoms with E-state index in [0.29, 0.717) is 0 Å². The highest BCUT2D eigenvalue weighted by molar-refractivity contribution is 6.22. The number of fused-ring (bicyclic) bond motifs is 18. The summed E-state index contributed by atoms with van der Waals surface area (Å²) in [4.78, 5) is 0. The topological polar surface area (TPSA) is 15.4 Å². The fourth-order valence-corrected chi connectivity index (χ4v) is 10.5. The standard InChI is InChI=1S/C52H35N2/c1-2-54-51(42-23-11-14-26-47(42)53-54)33-29-27-32(28-30-33)43-31-44-48-39-20-6-3-15-34(39)35-16-4-8-22-41(35)50(48)52(49(44)40-21-7-5-17-36(40)43)45-24-12-9-18-37(45)38-19-10-13-25-46(38)52/h3-31,51H,2H2,1H3/q+1. The molecule has 3 aliphatic rings. The fraction of sp³-hybridized carbons (Fsp3) is 0.0769. The molecule has 12 rings (SSSR count). The van der Waals surface area contributed by atoms with Gasteiger partial charge >= 0.3 is 0 Å². The van der Waals surface area contributed by atoms with E-state index in [1.807, 2.05) is 0 Å². The van der Waals surface area contributed by atoms with E-state index in [1.54, 1.807) is 0 Å². The van der Waals surface area contributed by atoms with Gasteiger partial charge in [0.1, 0.15) is 5.69 Å². The summed E-state index contributed by atoms with van der Waals surface area (Å²) in [5, 5.41) is 12.8. The van der Waals surface area contributed by atoms with Crippen LogP contribution < -0.4 is 0 Å². The van der Waals surface area contributed by atoms with Crippen LogP contribution in [-0.2, 0) is 5.41 Å². The van der Waals surface area contributed by atoms with E-state index < -0.39 is 5.41 Å². The highest BCUT2D eigenvalue weighted by Gasteiger charge is 2.54. The number of azo groups is 2. The predicted molar refractivity (Wildman–Crippen MR) is 222 cm³/mol. The summed E-state index contributed by atoms with van der Waals surface area (Å²) < 4.78 is 2.22. The zero-order valence-corrected chi connectivity index (χ0v) is 29.9. The molecule has 0 fully saturated rings. The van der Waals surface area contributed by atoms with E-state index in [-0.39, 0.29) is 6.04 Å². The number of hydrogen-bond donors (Lipinski definition) is 0. The van der Waals surface area contributed by atoms with Crippen molar-refractivity contribution < 1.29 is 4.70 Å². The van der Waals surface area contributed by atoms with Crippen molar-refractivity contribution in [1.29, 1.82) is 0 Å². The minimum atomic E-state index is -0.480. The molecule has 0 saturated carbocycles. The van der Waals surface area contributed by atoms with E-state index >= 15 is 0 Å². The molecule has 0 N–H and O–H groups in total. The van der Waals surface area contributed by atoms with Crippen molar-refractivity contribution in [2.24, 2.45) is 5.11 Å². The van der Waals surface area contributed by atoms with Crippen molar-refractivity contribution in [2.75, 3.05) is 6.54 Å². The molecular weight excluding hydrogens is 653 g/mol. The SMILES string of the molecule is CC[N+]1=Nc2ccccc2C1c1ccc(-c2cc3c(c4ccccc24)C2(c4ccccc4-c4ccccc42)c2c-3c3ccccc3c3ccccc23)cc1. The summed E-state index contributed by atoms with van der Waals surface area (Å²) >= 11 is 0. The molecular formula is C52H35N2+. The lowest BCUT2D eigenvalue weighted by Gasteiger charge is -2.33. The zero-order chi connectivity index (χ0) is 35.5. The van der Waals surface area contributed by atoms with Gasteiger partial charge < -0.3 is 0 Å². The first kappa shape index (κ1) is 29.9. The summed E-state index contributed by atoms with van der Waals surface area (Å²) in [5.74, 6) is 0. The predicted octanol–water partition coefficient (Wildman–Crippen LogP) is 13.4. The van der Waals surface area contributed by atoms with Gasteiger partial charge in [0.05, 0.1) is 11.0 Å². The van der Waals surface area contributed by atoms with Crippen molar-refractivity contribution in [3.8, 4) is 33.4 Å². The Hall–Kier alpha value is -6.64. The maximum atomic E-state index is 4.96. The number of benzene rings is 9. The second kappa shape index (κ2) is 10.9. The van der Waals surface area contributed by atoms with Crippen molar-refractivity contribution in [3.05, 3.63) is 209 Å². The van der Waals surface area contributed by atoms with Crippen LogP contribution in [0.3, 0.4) is 0 Å². The number of rotatable bonds is 3. The van der Waals surface area contributed by atoms with Gasteiger partial charge in [0.2, 0.25) is 6.04 Å². The molecule has 1 atom stereocenters. The second-order valence-electron chi connectivity index (χ2n) is 15.0. The third-order valence-electron chi connectivity index (χ3n) is 12.6.